The molecule has 0 aliphatic carbocycles. The van der Waals surface area contributed by atoms with Gasteiger partial charge >= 0.3 is 0 Å². The molecule has 14 heavy (non-hydrogen) atoms. The number of nitrogens with zero attached hydrogens (tertiary/aromatic N) is 3. The van der Waals surface area contributed by atoms with Crippen molar-refractivity contribution in [1.29, 1.82) is 0 Å². The van der Waals surface area contributed by atoms with E-state index in [0.29, 0.717) is 11.2 Å². The van der Waals surface area contributed by atoms with Gasteiger partial charge in [0, 0.05) is 6.26 Å². The molecule has 2 rings (SSSR count). The number of H-pyrrole nitrogens is 1. The number of sulfone groups is 1. The molecular weight excluding hydrogens is 206 g/mol. The number of nitrogen functional groups attached to an aromatic ring is 1. The smallest absolute Gasteiger partial charge is 0.250 e. The van der Waals surface area contributed by atoms with Gasteiger partial charge in [0.05, 0.1) is 6.33 Å². The van der Waals surface area contributed by atoms with E-state index in [4.69, 9.17) is 5.73 Å². The summed E-state index contributed by atoms with van der Waals surface area (Å²) in [6.45, 7) is 0. The summed E-state index contributed by atoms with van der Waals surface area (Å²) in [5, 5.41) is -0.299. The van der Waals surface area contributed by atoms with E-state index in [1.807, 2.05) is 0 Å². The van der Waals surface area contributed by atoms with Gasteiger partial charge in [0.2, 0.25) is 9.84 Å². The number of hydrogen-bond donors (Lipinski definition) is 2. The first-order chi connectivity index (χ1) is 6.48. The average Bonchev–Trinajstić information content (AvgIpc) is 2.50. The van der Waals surface area contributed by atoms with E-state index in [0.717, 1.165) is 6.26 Å². The molecule has 0 amide bonds. The van der Waals surface area contributed by atoms with Crippen LogP contribution in [0.3, 0.4) is 0 Å². The largest absolute Gasteiger partial charge is 0.382 e. The maximum Gasteiger partial charge on any atom is 0.250 e. The molecule has 0 saturated heterocycles. The van der Waals surface area contributed by atoms with Crippen molar-refractivity contribution in [3.63, 3.8) is 0 Å². The lowest BCUT2D eigenvalue weighted by atomic mass is 10.5. The Balaban J connectivity index is 2.83. The van der Waals surface area contributed by atoms with E-state index >= 15 is 0 Å². The van der Waals surface area contributed by atoms with Crippen molar-refractivity contribution in [3.8, 4) is 0 Å². The fourth-order valence-corrected chi connectivity index (χ4v) is 1.52. The van der Waals surface area contributed by atoms with Crippen LogP contribution < -0.4 is 5.73 Å². The molecule has 0 spiro atoms. The Kier molecular flexibility index (Phi) is 1.68. The lowest BCUT2D eigenvalue weighted by molar-refractivity contribution is 0.594. The van der Waals surface area contributed by atoms with Gasteiger partial charge in [0.15, 0.2) is 11.5 Å². The third-order valence-electron chi connectivity index (χ3n) is 1.62. The van der Waals surface area contributed by atoms with Crippen LogP contribution in [-0.4, -0.2) is 34.6 Å². The highest BCUT2D eigenvalue weighted by Gasteiger charge is 2.15. The number of imidazole rings is 1. The first-order valence-corrected chi connectivity index (χ1v) is 5.54. The number of anilines is 1. The highest BCUT2D eigenvalue weighted by atomic mass is 32.2. The molecule has 0 atom stereocenters. The lowest BCUT2D eigenvalue weighted by Gasteiger charge is -1.98. The van der Waals surface area contributed by atoms with Crippen LogP contribution in [0.15, 0.2) is 11.5 Å². The Morgan fingerprint density at radius 1 is 1.43 bits per heavy atom. The van der Waals surface area contributed by atoms with Gasteiger partial charge in [-0.25, -0.2) is 13.4 Å². The van der Waals surface area contributed by atoms with Gasteiger partial charge in [-0.1, -0.05) is 0 Å². The Hall–Kier alpha value is -1.70. The van der Waals surface area contributed by atoms with Crippen LogP contribution >= 0.6 is 0 Å². The number of fused-ring (bicyclic) bond motifs is 1. The van der Waals surface area contributed by atoms with E-state index in [1.54, 1.807) is 0 Å². The van der Waals surface area contributed by atoms with Gasteiger partial charge in [-0.2, -0.15) is 9.97 Å². The van der Waals surface area contributed by atoms with Crippen LogP contribution in [-0.2, 0) is 9.84 Å². The molecule has 0 aliphatic rings. The number of rotatable bonds is 1. The molecule has 0 bridgehead atoms. The van der Waals surface area contributed by atoms with E-state index in [9.17, 15) is 8.42 Å². The monoisotopic (exact) mass is 213 g/mol. The van der Waals surface area contributed by atoms with E-state index in [1.165, 1.54) is 6.33 Å². The first-order valence-electron chi connectivity index (χ1n) is 3.65. The van der Waals surface area contributed by atoms with Gasteiger partial charge in [-0.05, 0) is 0 Å². The lowest BCUT2D eigenvalue weighted by Crippen LogP contribution is -2.06. The molecule has 0 aromatic carbocycles. The molecule has 74 valence electrons. The minimum Gasteiger partial charge on any atom is -0.382 e. The topological polar surface area (TPSA) is 115 Å². The summed E-state index contributed by atoms with van der Waals surface area (Å²) >= 11 is 0. The second-order valence-electron chi connectivity index (χ2n) is 2.76. The molecule has 0 fully saturated rings. The minimum absolute atomic E-state index is 0.0525. The van der Waals surface area contributed by atoms with Crippen LogP contribution in [0.25, 0.3) is 11.2 Å². The molecule has 0 saturated carbocycles. The summed E-state index contributed by atoms with van der Waals surface area (Å²) in [7, 11) is -3.44. The Bertz CT molecular complexity index is 587. The SMILES string of the molecule is CS(=O)(=O)c1nc(N)c2nc[nH]c2n1. The Morgan fingerprint density at radius 3 is 2.79 bits per heavy atom. The number of nitrogens with one attached hydrogen (secondary N) is 1. The fourth-order valence-electron chi connectivity index (χ4n) is 1.00. The Labute approximate surface area is 79.3 Å². The molecule has 2 heterocycles. The van der Waals surface area contributed by atoms with Crippen molar-refractivity contribution in [2.45, 2.75) is 5.16 Å². The van der Waals surface area contributed by atoms with E-state index in [-0.39, 0.29) is 11.0 Å². The molecule has 2 aromatic heterocycles. The van der Waals surface area contributed by atoms with Gasteiger partial charge in [-0.15, -0.1) is 0 Å². The quantitative estimate of drug-likeness (QED) is 0.607. The maximum absolute atomic E-state index is 11.1. The number of aromatic amines is 1. The predicted molar refractivity (Wildman–Crippen MR) is 49.2 cm³/mol. The van der Waals surface area contributed by atoms with Crippen LogP contribution in [0, 0.1) is 0 Å². The molecule has 3 N–H and O–H groups in total. The van der Waals surface area contributed by atoms with Gasteiger partial charge in [-0.3, -0.25) is 0 Å². The van der Waals surface area contributed by atoms with Crippen molar-refractivity contribution in [3.05, 3.63) is 6.33 Å². The number of nitrogens with two attached hydrogens (primary N) is 1. The normalized spacial score (nSPS) is 12.1. The standard InChI is InChI=1S/C6H7N5O2S/c1-14(12,13)6-10-4(7)3-5(11-6)9-2-8-3/h2H,1H3,(H3,7,8,9,10,11). The molecule has 2 aromatic rings. The summed E-state index contributed by atoms with van der Waals surface area (Å²) in [5.74, 6) is 0.0525. The number of hydrogen-bond acceptors (Lipinski definition) is 6. The summed E-state index contributed by atoms with van der Waals surface area (Å²) < 4.78 is 22.3. The van der Waals surface area contributed by atoms with E-state index in [2.05, 4.69) is 19.9 Å². The minimum atomic E-state index is -3.44. The molecule has 0 aliphatic heterocycles. The van der Waals surface area contributed by atoms with Gasteiger partial charge in [0.1, 0.15) is 5.52 Å². The van der Waals surface area contributed by atoms with Gasteiger partial charge < -0.3 is 10.7 Å². The molecule has 7 nitrogen and oxygen atoms in total. The second kappa shape index (κ2) is 2.64. The summed E-state index contributed by atoms with van der Waals surface area (Å²) in [5.41, 5.74) is 6.19. The molecular formula is C6H7N5O2S. The van der Waals surface area contributed by atoms with Crippen molar-refractivity contribution >= 4 is 26.8 Å². The zero-order valence-electron chi connectivity index (χ0n) is 7.22. The van der Waals surface area contributed by atoms with Crippen LogP contribution in [0.1, 0.15) is 0 Å². The molecule has 8 heteroatoms. The Morgan fingerprint density at radius 2 is 2.14 bits per heavy atom. The fraction of sp³-hybridized carbons (Fsp3) is 0.167. The third-order valence-corrected chi connectivity index (χ3v) is 2.46. The van der Waals surface area contributed by atoms with Crippen LogP contribution in [0.5, 0.6) is 0 Å². The average molecular weight is 213 g/mol. The van der Waals surface area contributed by atoms with Crippen molar-refractivity contribution in [2.24, 2.45) is 0 Å². The highest BCUT2D eigenvalue weighted by molar-refractivity contribution is 7.90. The second-order valence-corrected chi connectivity index (χ2v) is 4.67. The predicted octanol–water partition coefficient (Wildman–Crippen LogP) is -0.661. The van der Waals surface area contributed by atoms with Crippen LogP contribution in [0.4, 0.5) is 5.82 Å². The van der Waals surface area contributed by atoms with Crippen molar-refractivity contribution in [2.75, 3.05) is 12.0 Å². The van der Waals surface area contributed by atoms with E-state index < -0.39 is 9.84 Å². The van der Waals surface area contributed by atoms with Gasteiger partial charge in [0.25, 0.3) is 5.16 Å². The first kappa shape index (κ1) is 8.88. The summed E-state index contributed by atoms with van der Waals surface area (Å²) in [4.78, 5) is 13.9. The highest BCUT2D eigenvalue weighted by Crippen LogP contribution is 2.14. The maximum atomic E-state index is 11.1. The molecule has 0 unspecified atom stereocenters. The molecule has 0 radical (unpaired) electrons. The van der Waals surface area contributed by atoms with Crippen molar-refractivity contribution in [1.82, 2.24) is 19.9 Å². The third kappa shape index (κ3) is 1.29. The zero-order valence-corrected chi connectivity index (χ0v) is 8.04. The number of aromatic nitrogens is 4. The van der Waals surface area contributed by atoms with Crippen molar-refractivity contribution < 1.29 is 8.42 Å². The zero-order chi connectivity index (χ0) is 10.3. The van der Waals surface area contributed by atoms with Crippen LogP contribution in [0.2, 0.25) is 0 Å². The summed E-state index contributed by atoms with van der Waals surface area (Å²) in [6, 6.07) is 0. The summed E-state index contributed by atoms with van der Waals surface area (Å²) in [6.07, 6.45) is 2.39.